The minimum atomic E-state index is -1.35. The van der Waals surface area contributed by atoms with Crippen molar-refractivity contribution in [1.82, 2.24) is 14.8 Å². The number of carbonyl (C=O) groups is 5. The van der Waals surface area contributed by atoms with Crippen molar-refractivity contribution in [3.05, 3.63) is 130 Å². The van der Waals surface area contributed by atoms with Crippen LogP contribution < -0.4 is 10.1 Å². The summed E-state index contributed by atoms with van der Waals surface area (Å²) in [6.45, 7) is 0.0607. The van der Waals surface area contributed by atoms with Gasteiger partial charge >= 0.3 is 0 Å². The third-order valence-corrected chi connectivity index (χ3v) is 9.61. The highest BCUT2D eigenvalue weighted by molar-refractivity contribution is 6.22. The quantitative estimate of drug-likeness (QED) is 0.236. The van der Waals surface area contributed by atoms with E-state index in [0.717, 1.165) is 16.5 Å². The van der Waals surface area contributed by atoms with E-state index in [9.17, 15) is 24.0 Å². The summed E-state index contributed by atoms with van der Waals surface area (Å²) in [6.07, 6.45) is 0.342. The summed E-state index contributed by atoms with van der Waals surface area (Å²) >= 11 is 0. The van der Waals surface area contributed by atoms with Crippen LogP contribution in [0.1, 0.15) is 64.7 Å². The fourth-order valence-electron chi connectivity index (χ4n) is 7.31. The van der Waals surface area contributed by atoms with Crippen molar-refractivity contribution in [2.45, 2.75) is 18.3 Å². The lowest BCUT2D eigenvalue weighted by Gasteiger charge is -2.30. The third kappa shape index (κ3) is 4.07. The Labute approximate surface area is 268 Å². The van der Waals surface area contributed by atoms with Gasteiger partial charge in [0.25, 0.3) is 23.6 Å². The maximum Gasteiger partial charge on any atom is 0.261 e. The summed E-state index contributed by atoms with van der Waals surface area (Å²) in [4.78, 5) is 73.7. The standard InChI is InChI=1S/C37H28N4O6/c1-47-21-14-15-28-30(20-21)39-36(46)37(28,17-19-41-34(44)26-11-4-5-12-27(26)35(41)45)31-23(22-8-6-7-13-29(22)38-31)16-18-40-32(42)24-9-2-3-10-25(24)33(40)43/h2-15,20,38H,16-19H2,1H3,(H,39,46)/t37-/m1/s1. The van der Waals surface area contributed by atoms with Gasteiger partial charge in [0, 0.05) is 41.4 Å². The molecule has 0 bridgehead atoms. The molecule has 232 valence electrons. The number of carbonyl (C=O) groups excluding carboxylic acids is 5. The number of ether oxygens (including phenoxy) is 1. The lowest BCUT2D eigenvalue weighted by molar-refractivity contribution is -0.120. The van der Waals surface area contributed by atoms with Gasteiger partial charge in [-0.3, -0.25) is 33.8 Å². The Balaban J connectivity index is 1.23. The monoisotopic (exact) mass is 624 g/mol. The molecule has 3 aliphatic heterocycles. The van der Waals surface area contributed by atoms with Gasteiger partial charge in [-0.05, 0) is 60.4 Å². The summed E-state index contributed by atoms with van der Waals surface area (Å²) in [5.41, 5.74) is 3.38. The first-order chi connectivity index (χ1) is 22.8. The second-order valence-corrected chi connectivity index (χ2v) is 11.9. The van der Waals surface area contributed by atoms with Crippen LogP contribution in [0, 0.1) is 0 Å². The zero-order chi connectivity index (χ0) is 32.4. The number of H-pyrrole nitrogens is 1. The first-order valence-corrected chi connectivity index (χ1v) is 15.3. The molecule has 10 nitrogen and oxygen atoms in total. The van der Waals surface area contributed by atoms with E-state index in [-0.39, 0.29) is 43.7 Å². The molecule has 47 heavy (non-hydrogen) atoms. The third-order valence-electron chi connectivity index (χ3n) is 9.61. The summed E-state index contributed by atoms with van der Waals surface area (Å²) in [7, 11) is 1.54. The zero-order valence-electron chi connectivity index (χ0n) is 25.3. The largest absolute Gasteiger partial charge is 0.497 e. The van der Waals surface area contributed by atoms with Crippen molar-refractivity contribution < 1.29 is 28.7 Å². The van der Waals surface area contributed by atoms with Crippen LogP contribution in [0.5, 0.6) is 5.75 Å². The number of para-hydroxylation sites is 1. The Hall–Kier alpha value is -6.03. The first kappa shape index (κ1) is 28.4. The molecule has 4 heterocycles. The van der Waals surface area contributed by atoms with Gasteiger partial charge in [0.15, 0.2) is 0 Å². The number of nitrogens with one attached hydrogen (secondary N) is 2. The Kier molecular flexibility index (Phi) is 6.37. The molecule has 2 N–H and O–H groups in total. The Bertz CT molecular complexity index is 2130. The molecular formula is C37H28N4O6. The van der Waals surface area contributed by atoms with E-state index in [1.54, 1.807) is 67.8 Å². The van der Waals surface area contributed by atoms with Crippen LogP contribution in [0.2, 0.25) is 0 Å². The number of benzene rings is 4. The van der Waals surface area contributed by atoms with Gasteiger partial charge in [-0.1, -0.05) is 48.5 Å². The predicted molar refractivity (Wildman–Crippen MR) is 173 cm³/mol. The van der Waals surface area contributed by atoms with Gasteiger partial charge in [0.2, 0.25) is 5.91 Å². The second-order valence-electron chi connectivity index (χ2n) is 11.9. The van der Waals surface area contributed by atoms with E-state index in [1.807, 2.05) is 30.3 Å². The van der Waals surface area contributed by atoms with Crippen molar-refractivity contribution in [2.24, 2.45) is 0 Å². The van der Waals surface area contributed by atoms with Gasteiger partial charge in [-0.15, -0.1) is 0 Å². The number of aromatic nitrogens is 1. The van der Waals surface area contributed by atoms with Crippen molar-refractivity contribution in [3.63, 3.8) is 0 Å². The van der Waals surface area contributed by atoms with E-state index >= 15 is 0 Å². The maximum atomic E-state index is 14.4. The number of imide groups is 2. The average molecular weight is 625 g/mol. The molecule has 10 heteroatoms. The van der Waals surface area contributed by atoms with Crippen molar-refractivity contribution in [3.8, 4) is 5.75 Å². The van der Waals surface area contributed by atoms with E-state index in [4.69, 9.17) is 4.74 Å². The Morgan fingerprint density at radius 3 is 1.83 bits per heavy atom. The predicted octanol–water partition coefficient (Wildman–Crippen LogP) is 4.94. The molecule has 3 aliphatic rings. The Morgan fingerprint density at radius 1 is 0.681 bits per heavy atom. The van der Waals surface area contributed by atoms with Crippen LogP contribution in [-0.4, -0.2) is 64.5 Å². The SMILES string of the molecule is COc1ccc2c(c1)NC(=O)[C@@]2(CCN1C(=O)c2ccccc2C1=O)c1[nH]c2ccccc2c1CCN1C(=O)c2ccccc2C1=O. The summed E-state index contributed by atoms with van der Waals surface area (Å²) < 4.78 is 5.44. The minimum Gasteiger partial charge on any atom is -0.497 e. The zero-order valence-corrected chi connectivity index (χ0v) is 25.3. The van der Waals surface area contributed by atoms with E-state index in [1.165, 1.54) is 9.80 Å². The van der Waals surface area contributed by atoms with Gasteiger partial charge in [0.05, 0.1) is 29.4 Å². The molecule has 0 radical (unpaired) electrons. The minimum absolute atomic E-state index is 0.0293. The van der Waals surface area contributed by atoms with E-state index in [2.05, 4.69) is 10.3 Å². The smallest absolute Gasteiger partial charge is 0.261 e. The number of anilines is 1. The topological polar surface area (TPSA) is 129 Å². The molecule has 8 rings (SSSR count). The molecule has 5 aromatic rings. The molecule has 0 spiro atoms. The fourth-order valence-corrected chi connectivity index (χ4v) is 7.31. The average Bonchev–Trinajstić information content (AvgIpc) is 3.76. The van der Waals surface area contributed by atoms with Crippen molar-refractivity contribution in [2.75, 3.05) is 25.5 Å². The van der Waals surface area contributed by atoms with Crippen LogP contribution in [0.4, 0.5) is 5.69 Å². The summed E-state index contributed by atoms with van der Waals surface area (Å²) in [5, 5.41) is 3.87. The van der Waals surface area contributed by atoms with Gasteiger partial charge in [-0.25, -0.2) is 0 Å². The number of aromatic amines is 1. The van der Waals surface area contributed by atoms with Crippen LogP contribution in [0.15, 0.2) is 91.0 Å². The van der Waals surface area contributed by atoms with Gasteiger partial charge < -0.3 is 15.0 Å². The second kappa shape index (κ2) is 10.5. The molecule has 0 aliphatic carbocycles. The lowest BCUT2D eigenvalue weighted by Crippen LogP contribution is -2.42. The molecule has 4 aromatic carbocycles. The van der Waals surface area contributed by atoms with E-state index < -0.39 is 17.2 Å². The lowest BCUT2D eigenvalue weighted by atomic mass is 9.73. The van der Waals surface area contributed by atoms with Gasteiger partial charge in [0.1, 0.15) is 11.2 Å². The molecular weight excluding hydrogens is 596 g/mol. The van der Waals surface area contributed by atoms with E-state index in [0.29, 0.717) is 44.9 Å². The molecule has 0 fully saturated rings. The highest BCUT2D eigenvalue weighted by Crippen LogP contribution is 2.49. The number of methoxy groups -OCH3 is 1. The number of hydrogen-bond acceptors (Lipinski definition) is 6. The van der Waals surface area contributed by atoms with Crippen LogP contribution in [0.3, 0.4) is 0 Å². The number of nitrogens with zero attached hydrogens (tertiary/aromatic N) is 2. The van der Waals surface area contributed by atoms with Gasteiger partial charge in [-0.2, -0.15) is 0 Å². The molecule has 0 saturated heterocycles. The fraction of sp³-hybridized carbons (Fsp3) is 0.162. The highest BCUT2D eigenvalue weighted by Gasteiger charge is 2.52. The Morgan fingerprint density at radius 2 is 1.23 bits per heavy atom. The molecule has 1 atom stereocenters. The maximum absolute atomic E-state index is 14.4. The highest BCUT2D eigenvalue weighted by atomic mass is 16.5. The molecule has 1 aromatic heterocycles. The number of hydrogen-bond donors (Lipinski definition) is 2. The summed E-state index contributed by atoms with van der Waals surface area (Å²) in [5.74, 6) is -1.30. The van der Waals surface area contributed by atoms with Crippen LogP contribution in [0.25, 0.3) is 10.9 Å². The summed E-state index contributed by atoms with van der Waals surface area (Å²) in [6, 6.07) is 26.4. The van der Waals surface area contributed by atoms with Crippen molar-refractivity contribution in [1.29, 1.82) is 0 Å². The number of amides is 5. The first-order valence-electron chi connectivity index (χ1n) is 15.3. The molecule has 0 saturated carbocycles. The number of fused-ring (bicyclic) bond motifs is 4. The molecule has 0 unspecified atom stereocenters. The van der Waals surface area contributed by atoms with Crippen LogP contribution in [-0.2, 0) is 16.6 Å². The van der Waals surface area contributed by atoms with Crippen LogP contribution >= 0.6 is 0 Å². The normalized spacial score (nSPS) is 18.2. The molecule has 5 amide bonds. The number of rotatable bonds is 8. The van der Waals surface area contributed by atoms with Crippen molar-refractivity contribution >= 4 is 46.1 Å².